The van der Waals surface area contributed by atoms with Gasteiger partial charge in [0.05, 0.1) is 0 Å². The third kappa shape index (κ3) is 3.80. The number of para-hydroxylation sites is 1. The van der Waals surface area contributed by atoms with Gasteiger partial charge in [-0.15, -0.1) is 0 Å². The van der Waals surface area contributed by atoms with Gasteiger partial charge in [-0.1, -0.05) is 49.4 Å². The van der Waals surface area contributed by atoms with Gasteiger partial charge < -0.3 is 9.84 Å². The molecule has 24 heavy (non-hydrogen) atoms. The number of hydrogen-bond acceptors (Lipinski definition) is 3. The highest BCUT2D eigenvalue weighted by Gasteiger charge is 2.26. The third-order valence-corrected chi connectivity index (χ3v) is 4.78. The van der Waals surface area contributed by atoms with E-state index in [1.807, 2.05) is 18.2 Å². The first-order chi connectivity index (χ1) is 11.7. The Hall–Kier alpha value is -1.84. The van der Waals surface area contributed by atoms with Crippen LogP contribution in [0.3, 0.4) is 0 Å². The van der Waals surface area contributed by atoms with Crippen LogP contribution in [0.25, 0.3) is 0 Å². The third-order valence-electron chi connectivity index (χ3n) is 4.78. The van der Waals surface area contributed by atoms with Gasteiger partial charge in [0, 0.05) is 6.04 Å². The zero-order valence-electron chi connectivity index (χ0n) is 14.5. The zero-order valence-corrected chi connectivity index (χ0v) is 14.5. The van der Waals surface area contributed by atoms with E-state index in [-0.39, 0.29) is 6.04 Å². The molecule has 3 heteroatoms. The summed E-state index contributed by atoms with van der Waals surface area (Å²) in [5.74, 6) is 0.850. The summed E-state index contributed by atoms with van der Waals surface area (Å²) in [6.45, 7) is 3.89. The minimum absolute atomic E-state index is 0.225. The van der Waals surface area contributed by atoms with Gasteiger partial charge in [-0.3, -0.25) is 5.32 Å². The standard InChI is InChI=1S/C21H27NO2/c1-3-16-9-5-7-14-20(16)24-21(15(2)23)22-19-13-8-11-17-10-4-6-12-18(17)19/h4-7,9-10,12,14-15,19,21-23H,3,8,11,13H2,1-2H3/t15-,19-,21?/m0/s1. The number of hydrogen-bond donors (Lipinski definition) is 2. The Morgan fingerprint density at radius 1 is 1.17 bits per heavy atom. The Labute approximate surface area is 144 Å². The second-order valence-electron chi connectivity index (χ2n) is 6.55. The summed E-state index contributed by atoms with van der Waals surface area (Å²) in [7, 11) is 0. The molecule has 3 atom stereocenters. The van der Waals surface area contributed by atoms with Crippen LogP contribution in [-0.2, 0) is 12.8 Å². The van der Waals surface area contributed by atoms with E-state index < -0.39 is 12.3 Å². The fourth-order valence-corrected chi connectivity index (χ4v) is 3.44. The van der Waals surface area contributed by atoms with Crippen molar-refractivity contribution >= 4 is 0 Å². The summed E-state index contributed by atoms with van der Waals surface area (Å²) in [6, 6.07) is 16.8. The summed E-state index contributed by atoms with van der Waals surface area (Å²) in [4.78, 5) is 0. The lowest BCUT2D eigenvalue weighted by Crippen LogP contribution is -2.45. The van der Waals surface area contributed by atoms with Crippen molar-refractivity contribution in [2.75, 3.05) is 0 Å². The fourth-order valence-electron chi connectivity index (χ4n) is 3.44. The maximum atomic E-state index is 10.2. The molecule has 3 rings (SSSR count). The molecule has 1 aliphatic rings. The molecule has 0 amide bonds. The molecule has 0 radical (unpaired) electrons. The Kier molecular flexibility index (Phi) is 5.54. The SMILES string of the molecule is CCc1ccccc1OC(N[C@H]1CCCc2ccccc21)[C@H](C)O. The van der Waals surface area contributed by atoms with Crippen LogP contribution in [0.5, 0.6) is 5.75 Å². The molecule has 0 saturated carbocycles. The average molecular weight is 325 g/mol. The molecule has 0 bridgehead atoms. The average Bonchev–Trinajstić information content (AvgIpc) is 2.61. The van der Waals surface area contributed by atoms with Gasteiger partial charge in [-0.25, -0.2) is 0 Å². The van der Waals surface area contributed by atoms with E-state index in [1.165, 1.54) is 11.1 Å². The van der Waals surface area contributed by atoms with E-state index >= 15 is 0 Å². The molecular weight excluding hydrogens is 298 g/mol. The van der Waals surface area contributed by atoms with E-state index in [0.29, 0.717) is 0 Å². The zero-order chi connectivity index (χ0) is 16.9. The molecular formula is C21H27NO2. The van der Waals surface area contributed by atoms with Crippen molar-refractivity contribution < 1.29 is 9.84 Å². The monoisotopic (exact) mass is 325 g/mol. The Balaban J connectivity index is 1.78. The van der Waals surface area contributed by atoms with Crippen LogP contribution in [0.15, 0.2) is 48.5 Å². The van der Waals surface area contributed by atoms with Crippen molar-refractivity contribution in [2.45, 2.75) is 57.9 Å². The van der Waals surface area contributed by atoms with Crippen LogP contribution in [0.4, 0.5) is 0 Å². The summed E-state index contributed by atoms with van der Waals surface area (Å²) in [5.41, 5.74) is 3.90. The normalized spacial score (nSPS) is 19.4. The number of rotatable bonds is 6. The van der Waals surface area contributed by atoms with E-state index in [1.54, 1.807) is 6.92 Å². The first-order valence-electron chi connectivity index (χ1n) is 8.95. The number of nitrogens with one attached hydrogen (secondary N) is 1. The first-order valence-corrected chi connectivity index (χ1v) is 8.95. The van der Waals surface area contributed by atoms with Gasteiger partial charge in [0.1, 0.15) is 11.9 Å². The van der Waals surface area contributed by atoms with Crippen molar-refractivity contribution in [1.29, 1.82) is 0 Å². The summed E-state index contributed by atoms with van der Waals surface area (Å²) >= 11 is 0. The van der Waals surface area contributed by atoms with Crippen molar-refractivity contribution in [3.63, 3.8) is 0 Å². The quantitative estimate of drug-likeness (QED) is 0.789. The second-order valence-corrected chi connectivity index (χ2v) is 6.55. The molecule has 1 aliphatic carbocycles. The molecule has 2 N–H and O–H groups in total. The van der Waals surface area contributed by atoms with Gasteiger partial charge in [0.15, 0.2) is 6.23 Å². The van der Waals surface area contributed by atoms with Crippen LogP contribution < -0.4 is 10.1 Å². The predicted molar refractivity (Wildman–Crippen MR) is 97.2 cm³/mol. The summed E-state index contributed by atoms with van der Waals surface area (Å²) in [6.07, 6.45) is 3.26. The summed E-state index contributed by atoms with van der Waals surface area (Å²) < 4.78 is 6.15. The molecule has 1 unspecified atom stereocenters. The molecule has 128 valence electrons. The molecule has 0 fully saturated rings. The largest absolute Gasteiger partial charge is 0.472 e. The minimum atomic E-state index is -0.594. The molecule has 2 aromatic rings. The highest BCUT2D eigenvalue weighted by molar-refractivity contribution is 5.34. The smallest absolute Gasteiger partial charge is 0.176 e. The van der Waals surface area contributed by atoms with Crippen LogP contribution in [0.2, 0.25) is 0 Å². The van der Waals surface area contributed by atoms with Gasteiger partial charge >= 0.3 is 0 Å². The van der Waals surface area contributed by atoms with E-state index in [4.69, 9.17) is 4.74 Å². The van der Waals surface area contributed by atoms with E-state index in [9.17, 15) is 5.11 Å². The van der Waals surface area contributed by atoms with E-state index in [0.717, 1.165) is 37.0 Å². The van der Waals surface area contributed by atoms with Crippen LogP contribution in [-0.4, -0.2) is 17.4 Å². The molecule has 2 aromatic carbocycles. The fraction of sp³-hybridized carbons (Fsp3) is 0.429. The maximum absolute atomic E-state index is 10.2. The highest BCUT2D eigenvalue weighted by atomic mass is 16.5. The number of aryl methyl sites for hydroxylation is 2. The second kappa shape index (κ2) is 7.82. The van der Waals surface area contributed by atoms with Gasteiger partial charge in [-0.05, 0) is 55.4 Å². The first kappa shape index (κ1) is 17.0. The number of ether oxygens (including phenoxy) is 1. The van der Waals surface area contributed by atoms with Gasteiger partial charge in [-0.2, -0.15) is 0 Å². The van der Waals surface area contributed by atoms with Crippen molar-refractivity contribution in [3.8, 4) is 5.75 Å². The Morgan fingerprint density at radius 3 is 2.71 bits per heavy atom. The highest BCUT2D eigenvalue weighted by Crippen LogP contribution is 2.30. The van der Waals surface area contributed by atoms with Crippen LogP contribution in [0, 0.1) is 0 Å². The molecule has 3 nitrogen and oxygen atoms in total. The van der Waals surface area contributed by atoms with Gasteiger partial charge in [0.25, 0.3) is 0 Å². The number of fused-ring (bicyclic) bond motifs is 1. The Bertz CT molecular complexity index is 668. The minimum Gasteiger partial charge on any atom is -0.472 e. The van der Waals surface area contributed by atoms with E-state index in [2.05, 4.69) is 42.6 Å². The van der Waals surface area contributed by atoms with Crippen molar-refractivity contribution in [2.24, 2.45) is 0 Å². The molecule has 0 aliphatic heterocycles. The van der Waals surface area contributed by atoms with Crippen LogP contribution >= 0.6 is 0 Å². The lowest BCUT2D eigenvalue weighted by molar-refractivity contribution is 0.0170. The molecule has 0 aromatic heterocycles. The van der Waals surface area contributed by atoms with Gasteiger partial charge in [0.2, 0.25) is 0 Å². The number of aliphatic hydroxyl groups is 1. The maximum Gasteiger partial charge on any atom is 0.176 e. The molecule has 0 heterocycles. The lowest BCUT2D eigenvalue weighted by Gasteiger charge is -2.32. The Morgan fingerprint density at radius 2 is 1.92 bits per heavy atom. The van der Waals surface area contributed by atoms with Crippen LogP contribution in [0.1, 0.15) is 49.4 Å². The topological polar surface area (TPSA) is 41.5 Å². The molecule has 0 saturated heterocycles. The summed E-state index contributed by atoms with van der Waals surface area (Å²) in [5, 5.41) is 13.8. The molecule has 0 spiro atoms. The number of benzene rings is 2. The van der Waals surface area contributed by atoms with Crippen molar-refractivity contribution in [3.05, 3.63) is 65.2 Å². The van der Waals surface area contributed by atoms with Crippen molar-refractivity contribution in [1.82, 2.24) is 5.32 Å². The predicted octanol–water partition coefficient (Wildman–Crippen LogP) is 4.00. The lowest BCUT2D eigenvalue weighted by atomic mass is 9.87. The number of aliphatic hydroxyl groups excluding tert-OH is 1.